The first-order valence-electron chi connectivity index (χ1n) is 6.31. The predicted molar refractivity (Wildman–Crippen MR) is 70.3 cm³/mol. The number of carboxylic acid groups (broad SMARTS) is 1. The topological polar surface area (TPSA) is 95.0 Å². The molecule has 1 aromatic heterocycles. The number of nitrogens with zero attached hydrogens (tertiary/aromatic N) is 2. The summed E-state index contributed by atoms with van der Waals surface area (Å²) >= 11 is 1.22. The van der Waals surface area contributed by atoms with Crippen molar-refractivity contribution in [3.63, 3.8) is 0 Å². The van der Waals surface area contributed by atoms with Gasteiger partial charge >= 0.3 is 0 Å². The summed E-state index contributed by atoms with van der Waals surface area (Å²) in [5.74, 6) is -2.17. The molecule has 0 saturated carbocycles. The molecule has 1 aromatic rings. The molecule has 0 spiro atoms. The number of rotatable bonds is 8. The van der Waals surface area contributed by atoms with E-state index in [0.29, 0.717) is 11.6 Å². The third kappa shape index (κ3) is 5.34. The van der Waals surface area contributed by atoms with Crippen LogP contribution in [0.25, 0.3) is 0 Å². The normalized spacial score (nSPS) is 13.8. The van der Waals surface area contributed by atoms with E-state index in [0.717, 1.165) is 12.8 Å². The lowest BCUT2D eigenvalue weighted by Gasteiger charge is -2.24. The van der Waals surface area contributed by atoms with Gasteiger partial charge in [-0.05, 0) is 12.3 Å². The third-order valence-electron chi connectivity index (χ3n) is 2.97. The summed E-state index contributed by atoms with van der Waals surface area (Å²) in [4.78, 5) is 22.8. The van der Waals surface area contributed by atoms with Crippen LogP contribution in [0.2, 0.25) is 0 Å². The van der Waals surface area contributed by atoms with Crippen LogP contribution in [0.1, 0.15) is 39.5 Å². The van der Waals surface area contributed by atoms with E-state index in [1.165, 1.54) is 16.8 Å². The zero-order chi connectivity index (χ0) is 14.3. The molecule has 6 nitrogen and oxygen atoms in total. The van der Waals surface area contributed by atoms with Crippen molar-refractivity contribution in [3.05, 3.63) is 5.51 Å². The lowest BCUT2D eigenvalue weighted by Crippen LogP contribution is -2.36. The largest absolute Gasteiger partial charge is 0.550 e. The van der Waals surface area contributed by atoms with Gasteiger partial charge in [-0.3, -0.25) is 4.79 Å². The quantitative estimate of drug-likeness (QED) is 0.770. The number of aromatic nitrogens is 2. The number of nitrogens with one attached hydrogen (secondary N) is 1. The van der Waals surface area contributed by atoms with Gasteiger partial charge in [0.2, 0.25) is 11.0 Å². The van der Waals surface area contributed by atoms with Crippen molar-refractivity contribution in [1.82, 2.24) is 10.2 Å². The summed E-state index contributed by atoms with van der Waals surface area (Å²) in [5, 5.41) is 21.4. The van der Waals surface area contributed by atoms with E-state index in [1.807, 2.05) is 6.92 Å². The van der Waals surface area contributed by atoms with Crippen LogP contribution in [0.4, 0.5) is 5.13 Å². The zero-order valence-electron chi connectivity index (χ0n) is 11.1. The van der Waals surface area contributed by atoms with E-state index in [-0.39, 0.29) is 18.2 Å². The molecule has 0 fully saturated rings. The second-order valence-corrected chi connectivity index (χ2v) is 5.37. The highest BCUT2D eigenvalue weighted by Gasteiger charge is 2.21. The molecule has 0 radical (unpaired) electrons. The number of anilines is 1. The molecule has 1 heterocycles. The molecule has 2 atom stereocenters. The summed E-state index contributed by atoms with van der Waals surface area (Å²) in [7, 11) is 0. The van der Waals surface area contributed by atoms with Crippen LogP contribution in [0.15, 0.2) is 5.51 Å². The maximum atomic E-state index is 11.7. The number of aliphatic carboxylic acids is 1. The lowest BCUT2D eigenvalue weighted by atomic mass is 9.87. The van der Waals surface area contributed by atoms with Crippen molar-refractivity contribution >= 4 is 28.3 Å². The Kier molecular flexibility index (Phi) is 6.41. The highest BCUT2D eigenvalue weighted by molar-refractivity contribution is 7.13. The molecule has 0 bridgehead atoms. The fraction of sp³-hybridized carbons (Fsp3) is 0.667. The average molecular weight is 284 g/mol. The molecule has 0 aliphatic heterocycles. The van der Waals surface area contributed by atoms with E-state index in [2.05, 4.69) is 15.5 Å². The van der Waals surface area contributed by atoms with Gasteiger partial charge in [0, 0.05) is 18.3 Å². The van der Waals surface area contributed by atoms with Crippen molar-refractivity contribution in [2.24, 2.45) is 11.8 Å². The molecule has 7 heteroatoms. The number of unbranched alkanes of at least 4 members (excludes halogenated alkanes) is 1. The Labute approximate surface area is 116 Å². The minimum atomic E-state index is -1.08. The molecule has 0 aliphatic rings. The smallest absolute Gasteiger partial charge is 0.226 e. The van der Waals surface area contributed by atoms with E-state index in [4.69, 9.17) is 0 Å². The molecule has 1 amide bonds. The SMILES string of the molecule is CCCC[C@@H](C(=O)[O-])[C@@H](C)CC(=O)Nc1nncs1. The van der Waals surface area contributed by atoms with E-state index < -0.39 is 11.9 Å². The molecule has 19 heavy (non-hydrogen) atoms. The van der Waals surface area contributed by atoms with E-state index in [1.54, 1.807) is 6.92 Å². The van der Waals surface area contributed by atoms with Gasteiger partial charge in [0.1, 0.15) is 5.51 Å². The minimum Gasteiger partial charge on any atom is -0.550 e. The van der Waals surface area contributed by atoms with Gasteiger partial charge in [-0.25, -0.2) is 0 Å². The van der Waals surface area contributed by atoms with Gasteiger partial charge in [0.15, 0.2) is 0 Å². The van der Waals surface area contributed by atoms with Crippen molar-refractivity contribution in [3.8, 4) is 0 Å². The first-order chi connectivity index (χ1) is 9.04. The number of amides is 1. The Bertz CT molecular complexity index is 408. The number of hydrogen-bond acceptors (Lipinski definition) is 6. The minimum absolute atomic E-state index is 0.141. The van der Waals surface area contributed by atoms with Gasteiger partial charge in [0.05, 0.1) is 0 Å². The van der Waals surface area contributed by atoms with Gasteiger partial charge in [0.25, 0.3) is 0 Å². The number of carboxylic acids is 1. The Hall–Kier alpha value is -1.50. The highest BCUT2D eigenvalue weighted by atomic mass is 32.1. The fourth-order valence-electron chi connectivity index (χ4n) is 1.89. The second kappa shape index (κ2) is 7.83. The molecule has 1 rings (SSSR count). The van der Waals surface area contributed by atoms with Crippen LogP contribution in [0.3, 0.4) is 0 Å². The molecule has 0 aromatic carbocycles. The maximum Gasteiger partial charge on any atom is 0.226 e. The number of carbonyl (C=O) groups is 2. The first kappa shape index (κ1) is 15.6. The van der Waals surface area contributed by atoms with Crippen LogP contribution in [0.5, 0.6) is 0 Å². The molecule has 106 valence electrons. The fourth-order valence-corrected chi connectivity index (χ4v) is 2.35. The highest BCUT2D eigenvalue weighted by Crippen LogP contribution is 2.22. The Morgan fingerprint density at radius 2 is 2.26 bits per heavy atom. The Balaban J connectivity index is 2.48. The van der Waals surface area contributed by atoms with Gasteiger partial charge in [-0.1, -0.05) is 38.0 Å². The zero-order valence-corrected chi connectivity index (χ0v) is 11.9. The van der Waals surface area contributed by atoms with Gasteiger partial charge in [-0.15, -0.1) is 10.2 Å². The maximum absolute atomic E-state index is 11.7. The summed E-state index contributed by atoms with van der Waals surface area (Å²) in [6.07, 6.45) is 2.43. The van der Waals surface area contributed by atoms with E-state index in [9.17, 15) is 14.7 Å². The van der Waals surface area contributed by atoms with Gasteiger partial charge < -0.3 is 15.2 Å². The first-order valence-corrected chi connectivity index (χ1v) is 7.19. The Morgan fingerprint density at radius 3 is 2.79 bits per heavy atom. The summed E-state index contributed by atoms with van der Waals surface area (Å²) in [5.41, 5.74) is 1.52. The molecule has 0 saturated heterocycles. The number of hydrogen-bond donors (Lipinski definition) is 1. The standard InChI is InChI=1S/C12H19N3O3S/c1-3-4-5-9(11(17)18)8(2)6-10(16)14-12-15-13-7-19-12/h7-9H,3-6H2,1-2H3,(H,17,18)(H,14,15,16)/p-1/t8-,9+/m0/s1. The number of carbonyl (C=O) groups excluding carboxylic acids is 2. The van der Waals surface area contributed by atoms with E-state index >= 15 is 0 Å². The van der Waals surface area contributed by atoms with Crippen molar-refractivity contribution in [2.45, 2.75) is 39.5 Å². The molecule has 0 unspecified atom stereocenters. The summed E-state index contributed by atoms with van der Waals surface area (Å²) < 4.78 is 0. The van der Waals surface area contributed by atoms with Crippen LogP contribution in [-0.2, 0) is 9.59 Å². The Morgan fingerprint density at radius 1 is 1.53 bits per heavy atom. The third-order valence-corrected chi connectivity index (χ3v) is 3.58. The van der Waals surface area contributed by atoms with Gasteiger partial charge in [-0.2, -0.15) is 0 Å². The lowest BCUT2D eigenvalue weighted by molar-refractivity contribution is -0.313. The van der Waals surface area contributed by atoms with Crippen molar-refractivity contribution in [1.29, 1.82) is 0 Å². The van der Waals surface area contributed by atoms with Crippen LogP contribution in [-0.4, -0.2) is 22.1 Å². The monoisotopic (exact) mass is 284 g/mol. The molecule has 1 N–H and O–H groups in total. The average Bonchev–Trinajstić information content (AvgIpc) is 2.81. The molecular weight excluding hydrogens is 266 g/mol. The molecule has 0 aliphatic carbocycles. The van der Waals surface area contributed by atoms with Crippen LogP contribution >= 0.6 is 11.3 Å². The van der Waals surface area contributed by atoms with Crippen molar-refractivity contribution in [2.75, 3.05) is 5.32 Å². The second-order valence-electron chi connectivity index (χ2n) is 4.54. The molecular formula is C12H18N3O3S-. The van der Waals surface area contributed by atoms with Crippen LogP contribution in [0, 0.1) is 11.8 Å². The summed E-state index contributed by atoms with van der Waals surface area (Å²) in [6.45, 7) is 3.76. The van der Waals surface area contributed by atoms with Crippen LogP contribution < -0.4 is 10.4 Å². The predicted octanol–water partition coefficient (Wildman–Crippen LogP) is 1.06. The summed E-state index contributed by atoms with van der Waals surface area (Å²) in [6, 6.07) is 0. The van der Waals surface area contributed by atoms with Crippen molar-refractivity contribution < 1.29 is 14.7 Å².